The van der Waals surface area contributed by atoms with Crippen molar-refractivity contribution in [2.24, 2.45) is 0 Å². The molecule has 0 saturated carbocycles. The zero-order chi connectivity index (χ0) is 19.5. The molecule has 0 aliphatic carbocycles. The van der Waals surface area contributed by atoms with Gasteiger partial charge in [-0.2, -0.15) is 4.98 Å². The number of aromatic nitrogens is 2. The van der Waals surface area contributed by atoms with Gasteiger partial charge in [-0.15, -0.1) is 0 Å². The maximum atomic E-state index is 13.4. The normalized spacial score (nSPS) is 16.3. The van der Waals surface area contributed by atoms with Gasteiger partial charge in [-0.3, -0.25) is 0 Å². The lowest BCUT2D eigenvalue weighted by Gasteiger charge is -2.15. The highest BCUT2D eigenvalue weighted by atomic mass is 19.2. The van der Waals surface area contributed by atoms with Crippen LogP contribution in [-0.2, 0) is 11.3 Å². The second-order valence-electron chi connectivity index (χ2n) is 6.22. The van der Waals surface area contributed by atoms with Crippen LogP contribution in [0.4, 0.5) is 18.9 Å². The van der Waals surface area contributed by atoms with E-state index in [4.69, 9.17) is 14.0 Å². The van der Waals surface area contributed by atoms with Gasteiger partial charge in [0.1, 0.15) is 11.9 Å². The van der Waals surface area contributed by atoms with Crippen LogP contribution in [0.1, 0.15) is 12.3 Å². The molecule has 2 aromatic carbocycles. The largest absolute Gasteiger partial charge is 0.486 e. The molecule has 3 aromatic rings. The van der Waals surface area contributed by atoms with Gasteiger partial charge in [0.15, 0.2) is 17.5 Å². The predicted molar refractivity (Wildman–Crippen MR) is 93.2 cm³/mol. The number of nitrogens with zero attached hydrogens (tertiary/aromatic N) is 2. The summed E-state index contributed by atoms with van der Waals surface area (Å²) in [6.07, 6.45) is 0.827. The first-order chi connectivity index (χ1) is 13.6. The predicted octanol–water partition coefficient (Wildman–Crippen LogP) is 3.93. The maximum absolute atomic E-state index is 13.4. The van der Waals surface area contributed by atoms with Crippen molar-refractivity contribution in [2.75, 3.05) is 18.5 Å². The van der Waals surface area contributed by atoms with Crippen molar-refractivity contribution in [1.82, 2.24) is 10.1 Å². The van der Waals surface area contributed by atoms with Gasteiger partial charge in [0.25, 0.3) is 0 Å². The lowest BCUT2D eigenvalue weighted by molar-refractivity contribution is 0.142. The second kappa shape index (κ2) is 7.89. The van der Waals surface area contributed by atoms with Crippen LogP contribution < -0.4 is 10.1 Å². The summed E-state index contributed by atoms with van der Waals surface area (Å²) in [6, 6.07) is 9.01. The summed E-state index contributed by atoms with van der Waals surface area (Å²) in [5.41, 5.74) is 0.712. The molecule has 1 aliphatic heterocycles. The Morgan fingerprint density at radius 2 is 1.93 bits per heavy atom. The molecule has 1 aromatic heterocycles. The standard InChI is InChI=1S/C19H16F3N3O3/c20-13-7-11(8-14(21)18(13)22)19-24-17(28-25-19)9-23-15-3-1-2-4-16(15)27-12-5-6-26-10-12/h1-4,7-8,12,23H,5-6,9-10H2. The highest BCUT2D eigenvalue weighted by Gasteiger charge is 2.19. The second-order valence-corrected chi connectivity index (χ2v) is 6.22. The maximum Gasteiger partial charge on any atom is 0.246 e. The summed E-state index contributed by atoms with van der Waals surface area (Å²) in [5.74, 6) is -3.36. The molecule has 1 aliphatic rings. The van der Waals surface area contributed by atoms with Gasteiger partial charge < -0.3 is 19.3 Å². The number of hydrogen-bond acceptors (Lipinski definition) is 6. The van der Waals surface area contributed by atoms with Crippen molar-refractivity contribution in [2.45, 2.75) is 19.1 Å². The van der Waals surface area contributed by atoms with E-state index in [2.05, 4.69) is 15.5 Å². The Kier molecular flexibility index (Phi) is 5.16. The lowest BCUT2D eigenvalue weighted by Crippen LogP contribution is -2.16. The summed E-state index contributed by atoms with van der Waals surface area (Å²) < 4.78 is 56.2. The molecule has 0 bridgehead atoms. The highest BCUT2D eigenvalue weighted by Crippen LogP contribution is 2.27. The quantitative estimate of drug-likeness (QED) is 0.642. The van der Waals surface area contributed by atoms with Gasteiger partial charge in [0.05, 0.1) is 25.4 Å². The molecule has 1 atom stereocenters. The highest BCUT2D eigenvalue weighted by molar-refractivity contribution is 5.57. The Bertz CT molecular complexity index is 951. The first kappa shape index (κ1) is 18.3. The zero-order valence-electron chi connectivity index (χ0n) is 14.6. The third-order valence-electron chi connectivity index (χ3n) is 4.21. The summed E-state index contributed by atoms with van der Waals surface area (Å²) in [6.45, 7) is 1.39. The van der Waals surface area contributed by atoms with E-state index in [9.17, 15) is 13.2 Å². The summed E-state index contributed by atoms with van der Waals surface area (Å²) in [5, 5.41) is 6.82. The zero-order valence-corrected chi connectivity index (χ0v) is 14.6. The van der Waals surface area contributed by atoms with Gasteiger partial charge in [-0.1, -0.05) is 17.3 Å². The smallest absolute Gasteiger partial charge is 0.246 e. The molecule has 0 amide bonds. The molecule has 28 heavy (non-hydrogen) atoms. The van der Waals surface area contributed by atoms with Crippen molar-refractivity contribution in [1.29, 1.82) is 0 Å². The average Bonchev–Trinajstić information content (AvgIpc) is 3.37. The van der Waals surface area contributed by atoms with Gasteiger partial charge in [0, 0.05) is 12.0 Å². The van der Waals surface area contributed by atoms with E-state index in [0.717, 1.165) is 24.2 Å². The number of para-hydroxylation sites is 2. The number of ether oxygens (including phenoxy) is 2. The summed E-state index contributed by atoms with van der Waals surface area (Å²) >= 11 is 0. The van der Waals surface area contributed by atoms with Gasteiger partial charge >= 0.3 is 0 Å². The molecule has 146 valence electrons. The molecule has 1 saturated heterocycles. The van der Waals surface area contributed by atoms with Crippen LogP contribution in [0.5, 0.6) is 5.75 Å². The van der Waals surface area contributed by atoms with Crippen LogP contribution in [0.15, 0.2) is 40.9 Å². The first-order valence-electron chi connectivity index (χ1n) is 8.65. The molecule has 1 unspecified atom stereocenters. The van der Waals surface area contributed by atoms with E-state index in [1.54, 1.807) is 0 Å². The van der Waals surface area contributed by atoms with Crippen molar-refractivity contribution in [3.05, 3.63) is 59.7 Å². The van der Waals surface area contributed by atoms with Crippen LogP contribution in [0, 0.1) is 17.5 Å². The minimum Gasteiger partial charge on any atom is -0.486 e. The molecule has 2 heterocycles. The molecule has 1 fully saturated rings. The van der Waals surface area contributed by atoms with E-state index in [1.165, 1.54) is 0 Å². The lowest BCUT2D eigenvalue weighted by atomic mass is 10.2. The molecule has 4 rings (SSSR count). The van der Waals surface area contributed by atoms with Crippen molar-refractivity contribution >= 4 is 5.69 Å². The third kappa shape index (κ3) is 3.94. The number of rotatable bonds is 6. The van der Waals surface area contributed by atoms with Gasteiger partial charge in [-0.05, 0) is 24.3 Å². The monoisotopic (exact) mass is 391 g/mol. The van der Waals surface area contributed by atoms with E-state index in [-0.39, 0.29) is 29.9 Å². The average molecular weight is 391 g/mol. The molecule has 0 spiro atoms. The fourth-order valence-electron chi connectivity index (χ4n) is 2.80. The van der Waals surface area contributed by atoms with Crippen LogP contribution in [-0.4, -0.2) is 29.5 Å². The molecular formula is C19H16F3N3O3. The minimum absolute atomic E-state index is 0.00114. The van der Waals surface area contributed by atoms with Crippen LogP contribution >= 0.6 is 0 Å². The van der Waals surface area contributed by atoms with Crippen LogP contribution in [0.2, 0.25) is 0 Å². The first-order valence-corrected chi connectivity index (χ1v) is 8.65. The fraction of sp³-hybridized carbons (Fsp3) is 0.263. The molecule has 0 radical (unpaired) electrons. The number of anilines is 1. The molecule has 6 nitrogen and oxygen atoms in total. The topological polar surface area (TPSA) is 69.4 Å². The Balaban J connectivity index is 1.45. The molecular weight excluding hydrogens is 375 g/mol. The number of halogens is 3. The Morgan fingerprint density at radius 1 is 1.14 bits per heavy atom. The van der Waals surface area contributed by atoms with Crippen LogP contribution in [0.25, 0.3) is 11.4 Å². The van der Waals surface area contributed by atoms with E-state index < -0.39 is 17.5 Å². The van der Waals surface area contributed by atoms with E-state index >= 15 is 0 Å². The Morgan fingerprint density at radius 3 is 2.68 bits per heavy atom. The van der Waals surface area contributed by atoms with E-state index in [0.29, 0.717) is 19.0 Å². The Hall–Kier alpha value is -3.07. The molecule has 1 N–H and O–H groups in total. The van der Waals surface area contributed by atoms with Crippen molar-refractivity contribution < 1.29 is 27.2 Å². The third-order valence-corrected chi connectivity index (χ3v) is 4.21. The SMILES string of the molecule is Fc1cc(-c2noc(CNc3ccccc3OC3CCOC3)n2)cc(F)c1F. The Labute approximate surface area is 158 Å². The van der Waals surface area contributed by atoms with Gasteiger partial charge in [0.2, 0.25) is 11.7 Å². The van der Waals surface area contributed by atoms with Crippen molar-refractivity contribution in [3.63, 3.8) is 0 Å². The number of nitrogens with one attached hydrogen (secondary N) is 1. The molecule has 9 heteroatoms. The van der Waals surface area contributed by atoms with E-state index in [1.807, 2.05) is 24.3 Å². The summed E-state index contributed by atoms with van der Waals surface area (Å²) in [7, 11) is 0. The number of benzene rings is 2. The fourth-order valence-corrected chi connectivity index (χ4v) is 2.80. The van der Waals surface area contributed by atoms with Crippen LogP contribution in [0.3, 0.4) is 0 Å². The number of hydrogen-bond donors (Lipinski definition) is 1. The minimum atomic E-state index is -1.54. The summed E-state index contributed by atoms with van der Waals surface area (Å²) in [4.78, 5) is 4.08. The van der Waals surface area contributed by atoms with Crippen molar-refractivity contribution in [3.8, 4) is 17.1 Å². The van der Waals surface area contributed by atoms with Gasteiger partial charge in [-0.25, -0.2) is 13.2 Å².